The molecule has 1 aromatic heterocycles. The third-order valence-corrected chi connectivity index (χ3v) is 3.44. The molecule has 98 valence electrons. The Bertz CT molecular complexity index is 384. The molecule has 0 unspecified atom stereocenters. The predicted molar refractivity (Wildman–Crippen MR) is 71.0 cm³/mol. The van der Waals surface area contributed by atoms with Crippen molar-refractivity contribution in [2.75, 3.05) is 12.0 Å². The van der Waals surface area contributed by atoms with Crippen LogP contribution in [0.2, 0.25) is 0 Å². The molecule has 2 rings (SSSR count). The van der Waals surface area contributed by atoms with E-state index in [0.717, 1.165) is 6.54 Å². The largest absolute Gasteiger partial charge is 0.350 e. The number of rotatable bonds is 4. The van der Waals surface area contributed by atoms with Gasteiger partial charge in [-0.2, -0.15) is 0 Å². The maximum Gasteiger partial charge on any atom is 0.269 e. The summed E-state index contributed by atoms with van der Waals surface area (Å²) in [5.74, 6) is 5.77. The van der Waals surface area contributed by atoms with Crippen LogP contribution in [0.25, 0.3) is 0 Å². The van der Waals surface area contributed by atoms with Crippen molar-refractivity contribution in [2.24, 2.45) is 11.8 Å². The third kappa shape index (κ3) is 3.43. The lowest BCUT2D eigenvalue weighted by molar-refractivity contribution is 0.0938. The van der Waals surface area contributed by atoms with Crippen molar-refractivity contribution in [3.63, 3.8) is 0 Å². The molecule has 1 aliphatic rings. The standard InChI is InChI=1S/C13H20N4O/c14-17-11-6-7-12(15-9-11)13(18)16-8-10-4-2-1-3-5-10/h6-7,9-10,17H,1-5,8,14H2,(H,16,18). The lowest BCUT2D eigenvalue weighted by Gasteiger charge is -2.21. The van der Waals surface area contributed by atoms with Gasteiger partial charge in [-0.25, -0.2) is 4.98 Å². The highest BCUT2D eigenvalue weighted by molar-refractivity contribution is 5.92. The number of aromatic nitrogens is 1. The number of pyridine rings is 1. The van der Waals surface area contributed by atoms with Crippen molar-refractivity contribution < 1.29 is 4.79 Å². The van der Waals surface area contributed by atoms with Gasteiger partial charge in [0.2, 0.25) is 0 Å². The number of hydrogen-bond acceptors (Lipinski definition) is 4. The normalized spacial score (nSPS) is 16.3. The quantitative estimate of drug-likeness (QED) is 0.559. The number of nitrogens with two attached hydrogens (primary N) is 1. The fourth-order valence-electron chi connectivity index (χ4n) is 2.33. The highest BCUT2D eigenvalue weighted by Crippen LogP contribution is 2.22. The van der Waals surface area contributed by atoms with Crippen molar-refractivity contribution >= 4 is 11.6 Å². The van der Waals surface area contributed by atoms with E-state index >= 15 is 0 Å². The second-order valence-electron chi connectivity index (χ2n) is 4.79. The molecule has 0 aromatic carbocycles. The van der Waals surface area contributed by atoms with Gasteiger partial charge in [0.05, 0.1) is 11.9 Å². The lowest BCUT2D eigenvalue weighted by atomic mass is 9.89. The van der Waals surface area contributed by atoms with Crippen LogP contribution in [0.15, 0.2) is 18.3 Å². The molecule has 1 aliphatic carbocycles. The first-order valence-electron chi connectivity index (χ1n) is 6.50. The van der Waals surface area contributed by atoms with E-state index in [1.807, 2.05) is 0 Å². The number of carbonyl (C=O) groups excluding carboxylic acids is 1. The van der Waals surface area contributed by atoms with Gasteiger partial charge in [0.15, 0.2) is 0 Å². The second-order valence-corrected chi connectivity index (χ2v) is 4.79. The Balaban J connectivity index is 1.82. The lowest BCUT2D eigenvalue weighted by Crippen LogP contribution is -2.30. The molecule has 0 aliphatic heterocycles. The summed E-state index contributed by atoms with van der Waals surface area (Å²) < 4.78 is 0. The molecule has 1 aromatic rings. The van der Waals surface area contributed by atoms with Crippen molar-refractivity contribution in [2.45, 2.75) is 32.1 Å². The van der Waals surface area contributed by atoms with Crippen LogP contribution in [-0.2, 0) is 0 Å². The SMILES string of the molecule is NNc1ccc(C(=O)NCC2CCCCC2)nc1. The van der Waals surface area contributed by atoms with Gasteiger partial charge in [-0.3, -0.25) is 10.6 Å². The van der Waals surface area contributed by atoms with E-state index < -0.39 is 0 Å². The van der Waals surface area contributed by atoms with Gasteiger partial charge < -0.3 is 10.7 Å². The van der Waals surface area contributed by atoms with E-state index in [0.29, 0.717) is 17.3 Å². The van der Waals surface area contributed by atoms with Crippen LogP contribution in [0, 0.1) is 5.92 Å². The number of hydrogen-bond donors (Lipinski definition) is 3. The summed E-state index contributed by atoms with van der Waals surface area (Å²) >= 11 is 0. The molecule has 0 spiro atoms. The summed E-state index contributed by atoms with van der Waals surface area (Å²) in [5.41, 5.74) is 3.61. The van der Waals surface area contributed by atoms with Crippen molar-refractivity contribution in [3.05, 3.63) is 24.0 Å². The van der Waals surface area contributed by atoms with Crippen molar-refractivity contribution in [1.82, 2.24) is 10.3 Å². The van der Waals surface area contributed by atoms with Gasteiger partial charge >= 0.3 is 0 Å². The maximum absolute atomic E-state index is 11.9. The van der Waals surface area contributed by atoms with Gasteiger partial charge in [-0.15, -0.1) is 0 Å². The number of carbonyl (C=O) groups is 1. The van der Waals surface area contributed by atoms with Crippen LogP contribution in [0.5, 0.6) is 0 Å². The summed E-state index contributed by atoms with van der Waals surface area (Å²) in [4.78, 5) is 15.9. The van der Waals surface area contributed by atoms with Gasteiger partial charge in [0.25, 0.3) is 5.91 Å². The monoisotopic (exact) mass is 248 g/mol. The third-order valence-electron chi connectivity index (χ3n) is 3.44. The van der Waals surface area contributed by atoms with E-state index in [2.05, 4.69) is 15.7 Å². The molecule has 4 N–H and O–H groups in total. The minimum Gasteiger partial charge on any atom is -0.350 e. The molecule has 18 heavy (non-hydrogen) atoms. The molecule has 1 fully saturated rings. The Morgan fingerprint density at radius 1 is 1.33 bits per heavy atom. The fraction of sp³-hybridized carbons (Fsp3) is 0.538. The average molecular weight is 248 g/mol. The van der Waals surface area contributed by atoms with E-state index in [4.69, 9.17) is 5.84 Å². The molecule has 5 nitrogen and oxygen atoms in total. The Hall–Kier alpha value is -1.62. The molecule has 0 saturated heterocycles. The minimum atomic E-state index is -0.107. The number of nitrogen functional groups attached to an aromatic ring is 1. The Morgan fingerprint density at radius 2 is 2.11 bits per heavy atom. The fourth-order valence-corrected chi connectivity index (χ4v) is 2.33. The summed E-state index contributed by atoms with van der Waals surface area (Å²) in [6.45, 7) is 0.761. The van der Waals surface area contributed by atoms with Crippen LogP contribution in [0.1, 0.15) is 42.6 Å². The Labute approximate surface area is 107 Å². The zero-order chi connectivity index (χ0) is 12.8. The molecule has 1 amide bonds. The van der Waals surface area contributed by atoms with Crippen molar-refractivity contribution in [3.8, 4) is 0 Å². The number of nitrogens with zero attached hydrogens (tertiary/aromatic N) is 1. The molecular formula is C13H20N4O. The van der Waals surface area contributed by atoms with Gasteiger partial charge in [0, 0.05) is 6.54 Å². The Kier molecular flexibility index (Phi) is 4.52. The number of amides is 1. The van der Waals surface area contributed by atoms with Crippen LogP contribution in [-0.4, -0.2) is 17.4 Å². The van der Waals surface area contributed by atoms with E-state index in [-0.39, 0.29) is 5.91 Å². The summed E-state index contributed by atoms with van der Waals surface area (Å²) in [5, 5.41) is 2.95. The average Bonchev–Trinajstić information content (AvgIpc) is 2.46. The smallest absolute Gasteiger partial charge is 0.269 e. The first kappa shape index (κ1) is 12.8. The molecular weight excluding hydrogens is 228 g/mol. The highest BCUT2D eigenvalue weighted by atomic mass is 16.1. The van der Waals surface area contributed by atoms with Crippen molar-refractivity contribution in [1.29, 1.82) is 0 Å². The zero-order valence-corrected chi connectivity index (χ0v) is 10.5. The van der Waals surface area contributed by atoms with Crippen LogP contribution in [0.4, 0.5) is 5.69 Å². The molecule has 0 bridgehead atoms. The van der Waals surface area contributed by atoms with Gasteiger partial charge in [0.1, 0.15) is 5.69 Å². The summed E-state index contributed by atoms with van der Waals surface area (Å²) in [6.07, 6.45) is 7.91. The number of hydrazine groups is 1. The predicted octanol–water partition coefficient (Wildman–Crippen LogP) is 1.68. The minimum absolute atomic E-state index is 0.107. The van der Waals surface area contributed by atoms with E-state index in [1.54, 1.807) is 18.3 Å². The molecule has 0 atom stereocenters. The summed E-state index contributed by atoms with van der Waals surface area (Å²) in [6, 6.07) is 3.41. The first-order chi connectivity index (χ1) is 8.79. The van der Waals surface area contributed by atoms with Crippen LogP contribution < -0.4 is 16.6 Å². The maximum atomic E-state index is 11.9. The zero-order valence-electron chi connectivity index (χ0n) is 10.5. The molecule has 5 heteroatoms. The number of anilines is 1. The topological polar surface area (TPSA) is 80.0 Å². The molecule has 0 radical (unpaired) electrons. The molecule has 1 heterocycles. The van der Waals surface area contributed by atoms with Crippen LogP contribution in [0.3, 0.4) is 0 Å². The van der Waals surface area contributed by atoms with E-state index in [9.17, 15) is 4.79 Å². The summed E-state index contributed by atoms with van der Waals surface area (Å²) in [7, 11) is 0. The first-order valence-corrected chi connectivity index (χ1v) is 6.50. The van der Waals surface area contributed by atoms with E-state index in [1.165, 1.54) is 32.1 Å². The highest BCUT2D eigenvalue weighted by Gasteiger charge is 2.15. The molecule has 1 saturated carbocycles. The Morgan fingerprint density at radius 3 is 2.72 bits per heavy atom. The van der Waals surface area contributed by atoms with Gasteiger partial charge in [-0.05, 0) is 30.9 Å². The van der Waals surface area contributed by atoms with Crippen LogP contribution >= 0.6 is 0 Å². The second kappa shape index (κ2) is 6.35. The number of nitrogens with one attached hydrogen (secondary N) is 2. The van der Waals surface area contributed by atoms with Gasteiger partial charge in [-0.1, -0.05) is 19.3 Å².